The maximum absolute atomic E-state index is 3.52. The Morgan fingerprint density at radius 2 is 0.912 bits per heavy atom. The molecular formula is C31H32Cl2Zr-2. The zero-order valence-electron chi connectivity index (χ0n) is 19.7. The Bertz CT molecular complexity index is 934. The van der Waals surface area contributed by atoms with Crippen molar-refractivity contribution in [2.75, 3.05) is 0 Å². The molecule has 0 spiro atoms. The van der Waals surface area contributed by atoms with Crippen molar-refractivity contribution in [1.82, 2.24) is 0 Å². The first-order chi connectivity index (χ1) is 15.9. The van der Waals surface area contributed by atoms with E-state index >= 15 is 0 Å². The molecule has 176 valence electrons. The van der Waals surface area contributed by atoms with Gasteiger partial charge in [0.25, 0.3) is 0 Å². The summed E-state index contributed by atoms with van der Waals surface area (Å²) >= 11 is 1.30. The molecule has 4 aliphatic carbocycles. The fourth-order valence-electron chi connectivity index (χ4n) is 5.35. The summed E-state index contributed by atoms with van der Waals surface area (Å²) in [5, 5.41) is 0. The van der Waals surface area contributed by atoms with Crippen LogP contribution in [0.3, 0.4) is 0 Å². The van der Waals surface area contributed by atoms with Gasteiger partial charge in [0.05, 0.1) is 0 Å². The molecule has 2 atom stereocenters. The van der Waals surface area contributed by atoms with Gasteiger partial charge in [0.2, 0.25) is 0 Å². The van der Waals surface area contributed by atoms with Crippen molar-refractivity contribution < 1.29 is 49.0 Å². The van der Waals surface area contributed by atoms with Crippen LogP contribution in [0.4, 0.5) is 0 Å². The fraction of sp³-hybridized carbons (Fsp3) is 0.323. The number of benzene rings is 2. The Labute approximate surface area is 233 Å². The van der Waals surface area contributed by atoms with Gasteiger partial charge in [0, 0.05) is 0 Å². The first-order valence-electron chi connectivity index (χ1n) is 12.0. The molecule has 0 N–H and O–H groups in total. The summed E-state index contributed by atoms with van der Waals surface area (Å²) in [5.74, 6) is 0.919. The topological polar surface area (TPSA) is 0 Å². The molecule has 0 nitrogen and oxygen atoms in total. The number of rotatable bonds is 2. The predicted octanol–water partition coefficient (Wildman–Crippen LogP) is 2.00. The van der Waals surface area contributed by atoms with Crippen LogP contribution >= 0.6 is 0 Å². The van der Waals surface area contributed by atoms with Crippen molar-refractivity contribution in [2.24, 2.45) is 0 Å². The molecule has 6 rings (SSSR count). The van der Waals surface area contributed by atoms with Gasteiger partial charge in [0.1, 0.15) is 0 Å². The zero-order valence-corrected chi connectivity index (χ0v) is 23.7. The molecule has 4 aliphatic rings. The number of allylic oxidation sites excluding steroid dienone is 8. The van der Waals surface area contributed by atoms with Crippen LogP contribution in [0.1, 0.15) is 74.3 Å². The van der Waals surface area contributed by atoms with Gasteiger partial charge in [0.15, 0.2) is 0 Å². The van der Waals surface area contributed by atoms with Crippen molar-refractivity contribution in [3.8, 4) is 0 Å². The first-order valence-corrected chi connectivity index (χ1v) is 13.7. The predicted molar refractivity (Wildman–Crippen MR) is 132 cm³/mol. The minimum Gasteiger partial charge on any atom is -1.00 e. The van der Waals surface area contributed by atoms with Crippen LogP contribution in [-0.4, -0.2) is 4.21 Å². The van der Waals surface area contributed by atoms with Gasteiger partial charge >= 0.3 is 28.4 Å². The van der Waals surface area contributed by atoms with E-state index in [0.717, 1.165) is 0 Å². The van der Waals surface area contributed by atoms with Crippen LogP contribution in [0.2, 0.25) is 0 Å². The number of halogens is 2. The molecule has 0 saturated carbocycles. The third-order valence-electron chi connectivity index (χ3n) is 6.92. The van der Waals surface area contributed by atoms with Gasteiger partial charge in [-0.1, -0.05) is 122 Å². The average Bonchev–Trinajstić information content (AvgIpc) is 3.51. The van der Waals surface area contributed by atoms with Crippen LogP contribution in [0, 0.1) is 12.2 Å². The summed E-state index contributed by atoms with van der Waals surface area (Å²) in [5.41, 5.74) is 9.20. The fourth-order valence-corrected chi connectivity index (χ4v) is 5.35. The van der Waals surface area contributed by atoms with Crippen LogP contribution < -0.4 is 24.8 Å². The third kappa shape index (κ3) is 6.90. The largest absolute Gasteiger partial charge is 1.00 e. The van der Waals surface area contributed by atoms with E-state index in [2.05, 4.69) is 89.2 Å². The Kier molecular flexibility index (Phi) is 12.8. The van der Waals surface area contributed by atoms with Crippen LogP contribution in [0.15, 0.2) is 95.1 Å². The quantitative estimate of drug-likeness (QED) is 0.488. The minimum atomic E-state index is 0. The standard InChI is InChI=1S/2C15H15.CH2.2ClH.Zr/c2*1-2-6-12(7-3-1)15-11-10-13-8-4-5-9-14(13)15;;;;/h2*1-3,6-7,10,15H,4-5,8-9H2;1H2;2*1H;/q2*-1;;;;+2/p-2/t2*15-;;;;/m10..../s1. The van der Waals surface area contributed by atoms with E-state index in [4.69, 9.17) is 0 Å². The number of hydrogen-bond acceptors (Lipinski definition) is 0. The minimum absolute atomic E-state index is 0. The molecule has 3 heteroatoms. The molecule has 0 heterocycles. The molecule has 0 radical (unpaired) electrons. The van der Waals surface area contributed by atoms with Crippen molar-refractivity contribution >= 4 is 4.21 Å². The molecule has 0 aliphatic heterocycles. The SMILES string of the molecule is [C-]1=CC2=C(CCCC2)[C@@H]1c1ccccc1.[C-]1=CC2=C(CCCC2)[C@H]1c1ccccc1.[CH2]=[Zr+2].[Cl-].[Cl-]. The molecule has 34 heavy (non-hydrogen) atoms. The molecular weight excluding hydrogens is 534 g/mol. The average molecular weight is 567 g/mol. The molecule has 0 amide bonds. The van der Waals surface area contributed by atoms with Gasteiger partial charge in [-0.2, -0.15) is 22.3 Å². The smallest absolute Gasteiger partial charge is 1.00 e. The monoisotopic (exact) mass is 564 g/mol. The Morgan fingerprint density at radius 3 is 1.29 bits per heavy atom. The molecule has 0 bridgehead atoms. The summed E-state index contributed by atoms with van der Waals surface area (Å²) in [6, 6.07) is 21.5. The van der Waals surface area contributed by atoms with Crippen molar-refractivity contribution in [1.29, 1.82) is 0 Å². The van der Waals surface area contributed by atoms with Gasteiger partial charge in [-0.05, 0) is 12.8 Å². The normalized spacial score (nSPS) is 21.7. The maximum Gasteiger partial charge on any atom is -1.00 e. The summed E-state index contributed by atoms with van der Waals surface area (Å²) in [6.45, 7) is 0. The second kappa shape index (κ2) is 15.0. The summed E-state index contributed by atoms with van der Waals surface area (Å²) in [4.78, 5) is 0. The molecule has 0 aromatic heterocycles. The Morgan fingerprint density at radius 1 is 0.559 bits per heavy atom. The summed E-state index contributed by atoms with van der Waals surface area (Å²) in [6.07, 6.45) is 22.0. The Hall–Kier alpha value is -1.27. The van der Waals surface area contributed by atoms with E-state index in [1.54, 1.807) is 22.3 Å². The van der Waals surface area contributed by atoms with E-state index < -0.39 is 0 Å². The van der Waals surface area contributed by atoms with Gasteiger partial charge in [-0.25, -0.2) is 12.2 Å². The maximum atomic E-state index is 3.52. The van der Waals surface area contributed by atoms with E-state index in [9.17, 15) is 0 Å². The van der Waals surface area contributed by atoms with Crippen molar-refractivity contribution in [3.63, 3.8) is 0 Å². The van der Waals surface area contributed by atoms with E-state index in [1.165, 1.54) is 86.7 Å². The van der Waals surface area contributed by atoms with E-state index in [-0.39, 0.29) is 24.8 Å². The van der Waals surface area contributed by atoms with Gasteiger partial charge < -0.3 is 24.8 Å². The second-order valence-electron chi connectivity index (χ2n) is 8.82. The molecule has 0 unspecified atom stereocenters. The zero-order chi connectivity index (χ0) is 22.2. The van der Waals surface area contributed by atoms with Gasteiger partial charge in [-0.3, -0.25) is 12.2 Å². The number of hydrogen-bond donors (Lipinski definition) is 0. The molecule has 2 aromatic rings. The molecule has 0 saturated heterocycles. The van der Waals surface area contributed by atoms with E-state index in [0.29, 0.717) is 11.8 Å². The summed E-state index contributed by atoms with van der Waals surface area (Å²) in [7, 11) is 0. The van der Waals surface area contributed by atoms with Crippen LogP contribution in [0.5, 0.6) is 0 Å². The summed E-state index contributed by atoms with van der Waals surface area (Å²) < 4.78 is 3.34. The van der Waals surface area contributed by atoms with Crippen LogP contribution in [0.25, 0.3) is 0 Å². The van der Waals surface area contributed by atoms with Crippen LogP contribution in [-0.2, 0) is 24.2 Å². The second-order valence-corrected chi connectivity index (χ2v) is 8.82. The molecule has 2 aromatic carbocycles. The van der Waals surface area contributed by atoms with Gasteiger partial charge in [-0.15, -0.1) is 0 Å². The first kappa shape index (κ1) is 29.0. The third-order valence-corrected chi connectivity index (χ3v) is 6.92. The van der Waals surface area contributed by atoms with Crippen molar-refractivity contribution in [3.05, 3.63) is 118 Å². The Balaban J connectivity index is 0.000000212. The molecule has 0 fully saturated rings. The van der Waals surface area contributed by atoms with Crippen molar-refractivity contribution in [2.45, 2.75) is 63.2 Å². The van der Waals surface area contributed by atoms with E-state index in [1.807, 2.05) is 0 Å².